The molecule has 0 aliphatic heterocycles. The first-order chi connectivity index (χ1) is 4.68. The van der Waals surface area contributed by atoms with Gasteiger partial charge in [0.15, 0.2) is 5.78 Å². The van der Waals surface area contributed by atoms with E-state index >= 15 is 0 Å². The maximum absolute atomic E-state index is 10.5. The molecule has 0 aromatic rings. The molecular weight excluding hydrogens is 132 g/mol. The van der Waals surface area contributed by atoms with Gasteiger partial charge in [-0.05, 0) is 12.2 Å². The van der Waals surface area contributed by atoms with Crippen LogP contribution >= 0.6 is 0 Å². The highest BCUT2D eigenvalue weighted by Crippen LogP contribution is 1.80. The van der Waals surface area contributed by atoms with Crippen LogP contribution in [0.3, 0.4) is 0 Å². The van der Waals surface area contributed by atoms with Crippen LogP contribution in [-0.2, 0) is 9.59 Å². The van der Waals surface area contributed by atoms with Crippen molar-refractivity contribution in [3.05, 3.63) is 24.5 Å². The Morgan fingerprint density at radius 1 is 1.30 bits per heavy atom. The van der Waals surface area contributed by atoms with Crippen molar-refractivity contribution in [2.24, 2.45) is 0 Å². The van der Waals surface area contributed by atoms with Gasteiger partial charge in [0.1, 0.15) is 0 Å². The zero-order valence-corrected chi connectivity index (χ0v) is 5.57. The van der Waals surface area contributed by atoms with E-state index in [0.717, 1.165) is 12.3 Å². The van der Waals surface area contributed by atoms with E-state index in [1.165, 1.54) is 19.1 Å². The number of rotatable bonds is 3. The van der Waals surface area contributed by atoms with E-state index in [9.17, 15) is 9.59 Å². The fourth-order valence-corrected chi connectivity index (χ4v) is 0.310. The molecule has 0 radical (unpaired) electrons. The summed E-state index contributed by atoms with van der Waals surface area (Å²) in [5, 5.41) is 8.09. The first-order valence-corrected chi connectivity index (χ1v) is 2.71. The van der Waals surface area contributed by atoms with Crippen LogP contribution in [0.15, 0.2) is 24.5 Å². The van der Waals surface area contributed by atoms with Gasteiger partial charge < -0.3 is 5.11 Å². The number of ketones is 2. The number of hydrogen-bond acceptors (Lipinski definition) is 3. The smallest absolute Gasteiger partial charge is 0.221 e. The summed E-state index contributed by atoms with van der Waals surface area (Å²) in [6.07, 6.45) is 4.42. The highest BCUT2D eigenvalue weighted by atomic mass is 16.2. The summed E-state index contributed by atoms with van der Waals surface area (Å²) < 4.78 is 0. The fourth-order valence-electron chi connectivity index (χ4n) is 0.310. The fraction of sp³-hybridized carbons (Fsp3) is 0.143. The standard InChI is InChI=1S/C7H8O3/c1-6(9)7(10)4-2-3-5-8/h2-5,8H,1H3. The SMILES string of the molecule is CC(=O)C(=O)C=CC=CO. The Kier molecular flexibility index (Phi) is 3.87. The molecule has 54 valence electrons. The molecule has 3 heteroatoms. The Hall–Kier alpha value is -1.38. The van der Waals surface area contributed by atoms with Gasteiger partial charge in [0.25, 0.3) is 0 Å². The highest BCUT2D eigenvalue weighted by Gasteiger charge is 1.99. The van der Waals surface area contributed by atoms with Gasteiger partial charge in [-0.1, -0.05) is 6.08 Å². The maximum Gasteiger partial charge on any atom is 0.221 e. The minimum atomic E-state index is -0.571. The second-order valence-corrected chi connectivity index (χ2v) is 1.62. The number of carbonyl (C=O) groups is 2. The zero-order valence-electron chi connectivity index (χ0n) is 5.57. The summed E-state index contributed by atoms with van der Waals surface area (Å²) in [5.74, 6) is -1.08. The predicted molar refractivity (Wildman–Crippen MR) is 36.6 cm³/mol. The molecule has 0 bridgehead atoms. The van der Waals surface area contributed by atoms with E-state index in [1.54, 1.807) is 0 Å². The summed E-state index contributed by atoms with van der Waals surface area (Å²) in [5.41, 5.74) is 0. The molecule has 0 heterocycles. The Balaban J connectivity index is 3.90. The summed E-state index contributed by atoms with van der Waals surface area (Å²) in [6, 6.07) is 0. The van der Waals surface area contributed by atoms with Crippen molar-refractivity contribution >= 4 is 11.6 Å². The van der Waals surface area contributed by atoms with Crippen LogP contribution in [0.25, 0.3) is 0 Å². The van der Waals surface area contributed by atoms with Crippen molar-refractivity contribution < 1.29 is 14.7 Å². The van der Waals surface area contributed by atoms with E-state index in [4.69, 9.17) is 5.11 Å². The largest absolute Gasteiger partial charge is 0.516 e. The van der Waals surface area contributed by atoms with E-state index < -0.39 is 11.6 Å². The van der Waals surface area contributed by atoms with Crippen LogP contribution in [0.5, 0.6) is 0 Å². The number of aliphatic hydroxyl groups excluding tert-OH is 1. The average molecular weight is 140 g/mol. The topological polar surface area (TPSA) is 54.4 Å². The van der Waals surface area contributed by atoms with Crippen molar-refractivity contribution in [1.29, 1.82) is 0 Å². The summed E-state index contributed by atoms with van der Waals surface area (Å²) >= 11 is 0. The lowest BCUT2D eigenvalue weighted by molar-refractivity contribution is -0.132. The van der Waals surface area contributed by atoms with Gasteiger partial charge in [-0.25, -0.2) is 0 Å². The van der Waals surface area contributed by atoms with E-state index in [0.29, 0.717) is 0 Å². The molecule has 0 unspecified atom stereocenters. The van der Waals surface area contributed by atoms with Crippen molar-refractivity contribution in [1.82, 2.24) is 0 Å². The maximum atomic E-state index is 10.5. The monoisotopic (exact) mass is 140 g/mol. The Morgan fingerprint density at radius 2 is 1.90 bits per heavy atom. The highest BCUT2D eigenvalue weighted by molar-refractivity contribution is 6.40. The average Bonchev–Trinajstić information content (AvgIpc) is 1.88. The lowest BCUT2D eigenvalue weighted by atomic mass is 10.2. The number of Topliss-reactive ketones (excluding diaryl/α,β-unsaturated/α-hetero) is 1. The lowest BCUT2D eigenvalue weighted by Crippen LogP contribution is -2.04. The van der Waals surface area contributed by atoms with Gasteiger partial charge in [0.2, 0.25) is 5.78 Å². The minimum Gasteiger partial charge on any atom is -0.516 e. The molecule has 0 rings (SSSR count). The van der Waals surface area contributed by atoms with Gasteiger partial charge in [-0.2, -0.15) is 0 Å². The van der Waals surface area contributed by atoms with Gasteiger partial charge in [0.05, 0.1) is 6.26 Å². The molecule has 0 aromatic carbocycles. The molecule has 0 aliphatic rings. The third-order valence-electron chi connectivity index (χ3n) is 0.792. The number of hydrogen-bond donors (Lipinski definition) is 1. The summed E-state index contributed by atoms with van der Waals surface area (Å²) in [4.78, 5) is 20.7. The Morgan fingerprint density at radius 3 is 2.30 bits per heavy atom. The van der Waals surface area contributed by atoms with Crippen molar-refractivity contribution in [2.75, 3.05) is 0 Å². The third kappa shape index (κ3) is 3.60. The molecule has 3 nitrogen and oxygen atoms in total. The van der Waals surface area contributed by atoms with Crippen LogP contribution < -0.4 is 0 Å². The normalized spacial score (nSPS) is 10.9. The first-order valence-electron chi connectivity index (χ1n) is 2.71. The molecule has 10 heavy (non-hydrogen) atoms. The van der Waals surface area contributed by atoms with Crippen LogP contribution in [0.1, 0.15) is 6.92 Å². The van der Waals surface area contributed by atoms with Crippen LogP contribution in [0.4, 0.5) is 0 Å². The number of carbonyl (C=O) groups excluding carboxylic acids is 2. The lowest BCUT2D eigenvalue weighted by Gasteiger charge is -1.80. The second kappa shape index (κ2) is 4.49. The molecular formula is C7H8O3. The van der Waals surface area contributed by atoms with Crippen LogP contribution in [0.2, 0.25) is 0 Å². The Labute approximate surface area is 58.7 Å². The van der Waals surface area contributed by atoms with E-state index in [-0.39, 0.29) is 0 Å². The minimum absolute atomic E-state index is 0.511. The van der Waals surface area contributed by atoms with Gasteiger partial charge >= 0.3 is 0 Å². The molecule has 0 atom stereocenters. The van der Waals surface area contributed by atoms with Crippen molar-refractivity contribution in [3.8, 4) is 0 Å². The molecule has 0 amide bonds. The van der Waals surface area contributed by atoms with E-state index in [1.807, 2.05) is 0 Å². The van der Waals surface area contributed by atoms with Crippen LogP contribution in [-0.4, -0.2) is 16.7 Å². The predicted octanol–water partition coefficient (Wildman–Crippen LogP) is 0.772. The van der Waals surface area contributed by atoms with Crippen molar-refractivity contribution in [2.45, 2.75) is 6.92 Å². The van der Waals surface area contributed by atoms with Crippen LogP contribution in [0, 0.1) is 0 Å². The molecule has 0 spiro atoms. The van der Waals surface area contributed by atoms with Gasteiger partial charge in [-0.15, -0.1) is 0 Å². The summed E-state index contributed by atoms with van der Waals surface area (Å²) in [7, 11) is 0. The molecule has 0 aliphatic carbocycles. The van der Waals surface area contributed by atoms with E-state index in [2.05, 4.69) is 0 Å². The third-order valence-corrected chi connectivity index (χ3v) is 0.792. The second-order valence-electron chi connectivity index (χ2n) is 1.62. The number of allylic oxidation sites excluding steroid dienone is 3. The van der Waals surface area contributed by atoms with Gasteiger partial charge in [-0.3, -0.25) is 9.59 Å². The molecule has 0 saturated heterocycles. The molecule has 0 saturated carbocycles. The van der Waals surface area contributed by atoms with Gasteiger partial charge in [0, 0.05) is 6.92 Å². The zero-order chi connectivity index (χ0) is 7.98. The molecule has 1 N–H and O–H groups in total. The summed E-state index contributed by atoms with van der Waals surface area (Å²) in [6.45, 7) is 1.19. The quantitative estimate of drug-likeness (QED) is 0.272. The van der Waals surface area contributed by atoms with Crippen molar-refractivity contribution in [3.63, 3.8) is 0 Å². The number of aliphatic hydroxyl groups is 1. The first kappa shape index (κ1) is 8.62. The molecule has 0 fully saturated rings. The Bertz CT molecular complexity index is 189. The molecule has 0 aromatic heterocycles.